The molecule has 6 nitrogen and oxygen atoms in total. The van der Waals surface area contributed by atoms with Gasteiger partial charge in [0.2, 0.25) is 5.91 Å². The zero-order valence-electron chi connectivity index (χ0n) is 15.3. The van der Waals surface area contributed by atoms with E-state index in [2.05, 4.69) is 18.8 Å². The Bertz CT molecular complexity index is 476. The van der Waals surface area contributed by atoms with Crippen LogP contribution in [-0.2, 0) is 14.3 Å². The van der Waals surface area contributed by atoms with Crippen molar-refractivity contribution in [3.8, 4) is 0 Å². The van der Waals surface area contributed by atoms with Gasteiger partial charge in [0.25, 0.3) is 0 Å². The van der Waals surface area contributed by atoms with E-state index in [0.29, 0.717) is 5.92 Å². The molecule has 0 unspecified atom stereocenters. The minimum Gasteiger partial charge on any atom is -0.442 e. The second-order valence-electron chi connectivity index (χ2n) is 6.57. The number of rotatable bonds is 6. The quantitative estimate of drug-likeness (QED) is 0.597. The number of hydrogen-bond donors (Lipinski definition) is 1. The van der Waals surface area contributed by atoms with Crippen molar-refractivity contribution in [2.24, 2.45) is 5.92 Å². The molecule has 1 aliphatic rings. The van der Waals surface area contributed by atoms with E-state index in [1.165, 1.54) is 11.0 Å². The van der Waals surface area contributed by atoms with Crippen LogP contribution in [0.3, 0.4) is 0 Å². The topological polar surface area (TPSA) is 67.9 Å². The van der Waals surface area contributed by atoms with E-state index in [1.54, 1.807) is 27.1 Å². The van der Waals surface area contributed by atoms with Gasteiger partial charge in [-0.2, -0.15) is 0 Å². The van der Waals surface area contributed by atoms with Gasteiger partial charge >= 0.3 is 6.09 Å². The molecule has 0 saturated carbocycles. The Balaban J connectivity index is 2.48. The van der Waals surface area contributed by atoms with Crippen molar-refractivity contribution in [2.45, 2.75) is 58.0 Å². The molecule has 5 atom stereocenters. The van der Waals surface area contributed by atoms with E-state index in [1.807, 2.05) is 13.0 Å². The summed E-state index contributed by atoms with van der Waals surface area (Å²) in [4.78, 5) is 24.8. The molecule has 0 aromatic carbocycles. The van der Waals surface area contributed by atoms with Gasteiger partial charge in [0.15, 0.2) is 0 Å². The molecule has 0 aromatic heterocycles. The Hall–Kier alpha value is -1.82. The first-order valence-electron chi connectivity index (χ1n) is 8.37. The number of amides is 2. The van der Waals surface area contributed by atoms with Crippen LogP contribution in [-0.4, -0.2) is 55.3 Å². The monoisotopic (exact) mass is 338 g/mol. The van der Waals surface area contributed by atoms with Gasteiger partial charge < -0.3 is 19.7 Å². The molecule has 0 aliphatic carbocycles. The highest BCUT2D eigenvalue weighted by Crippen LogP contribution is 2.27. The second kappa shape index (κ2) is 9.47. The highest BCUT2D eigenvalue weighted by Gasteiger charge is 2.33. The predicted molar refractivity (Wildman–Crippen MR) is 93.6 cm³/mol. The van der Waals surface area contributed by atoms with E-state index in [9.17, 15) is 9.59 Å². The van der Waals surface area contributed by atoms with Crippen molar-refractivity contribution in [1.29, 1.82) is 0 Å². The average Bonchev–Trinajstić information content (AvgIpc) is 2.50. The zero-order chi connectivity index (χ0) is 18.3. The Morgan fingerprint density at radius 1 is 1.42 bits per heavy atom. The zero-order valence-corrected chi connectivity index (χ0v) is 15.3. The van der Waals surface area contributed by atoms with Gasteiger partial charge in [-0.05, 0) is 38.7 Å². The molecule has 2 amide bonds. The van der Waals surface area contributed by atoms with Gasteiger partial charge in [-0.15, -0.1) is 6.58 Å². The van der Waals surface area contributed by atoms with E-state index in [0.717, 1.165) is 12.8 Å². The summed E-state index contributed by atoms with van der Waals surface area (Å²) in [5.41, 5.74) is 0. The average molecular weight is 338 g/mol. The van der Waals surface area contributed by atoms with Crippen LogP contribution in [0, 0.1) is 5.92 Å². The first kappa shape index (κ1) is 20.2. The minimum absolute atomic E-state index is 0.0298. The van der Waals surface area contributed by atoms with Gasteiger partial charge in [0, 0.05) is 20.2 Å². The molecule has 1 fully saturated rings. The normalized spacial score (nSPS) is 28.2. The number of hydrogen-bond acceptors (Lipinski definition) is 4. The lowest BCUT2D eigenvalue weighted by Crippen LogP contribution is -2.50. The Morgan fingerprint density at radius 3 is 2.67 bits per heavy atom. The van der Waals surface area contributed by atoms with Crippen LogP contribution in [0.25, 0.3) is 0 Å². The van der Waals surface area contributed by atoms with Gasteiger partial charge in [-0.25, -0.2) is 4.79 Å². The van der Waals surface area contributed by atoms with E-state index in [-0.39, 0.29) is 24.2 Å². The maximum atomic E-state index is 12.1. The van der Waals surface area contributed by atoms with Crippen LogP contribution in [0.5, 0.6) is 0 Å². The summed E-state index contributed by atoms with van der Waals surface area (Å²) in [7, 11) is 3.22. The third-order valence-corrected chi connectivity index (χ3v) is 4.11. The summed E-state index contributed by atoms with van der Waals surface area (Å²) in [6, 6.07) is -0.0298. The van der Waals surface area contributed by atoms with Gasteiger partial charge in [0.1, 0.15) is 6.10 Å². The first-order valence-corrected chi connectivity index (χ1v) is 8.37. The Morgan fingerprint density at radius 2 is 2.08 bits per heavy atom. The van der Waals surface area contributed by atoms with Crippen molar-refractivity contribution in [2.75, 3.05) is 14.1 Å². The molecule has 1 aliphatic heterocycles. The molecule has 6 heteroatoms. The highest BCUT2D eigenvalue weighted by molar-refractivity contribution is 5.87. The van der Waals surface area contributed by atoms with Crippen LogP contribution >= 0.6 is 0 Å². The predicted octanol–water partition coefficient (Wildman–Crippen LogP) is 2.50. The number of nitrogens with zero attached hydrogens (tertiary/aromatic N) is 1. The van der Waals surface area contributed by atoms with Crippen LogP contribution in [0.4, 0.5) is 4.79 Å². The lowest BCUT2D eigenvalue weighted by atomic mass is 9.88. The molecule has 0 radical (unpaired) electrons. The van der Waals surface area contributed by atoms with Crippen molar-refractivity contribution in [3.05, 3.63) is 24.8 Å². The van der Waals surface area contributed by atoms with Crippen LogP contribution in [0.1, 0.15) is 33.6 Å². The van der Waals surface area contributed by atoms with Crippen molar-refractivity contribution < 1.29 is 19.1 Å². The fourth-order valence-electron chi connectivity index (χ4n) is 2.63. The SMILES string of the molecule is C=CC[C@@H]1O[C@H](C)[C@H](NC(=O)/C=C\[C@H](C)OC(=O)N(C)C)C[C@@H]1C. The minimum atomic E-state index is -0.471. The molecule has 0 aromatic rings. The lowest BCUT2D eigenvalue weighted by molar-refractivity contribution is -0.123. The molecule has 0 spiro atoms. The van der Waals surface area contributed by atoms with E-state index < -0.39 is 12.2 Å². The first-order chi connectivity index (χ1) is 11.2. The summed E-state index contributed by atoms with van der Waals surface area (Å²) < 4.78 is 11.1. The van der Waals surface area contributed by atoms with Crippen molar-refractivity contribution >= 4 is 12.0 Å². The molecule has 1 heterocycles. The highest BCUT2D eigenvalue weighted by atomic mass is 16.6. The summed E-state index contributed by atoms with van der Waals surface area (Å²) in [6.07, 6.45) is 5.72. The molecule has 136 valence electrons. The van der Waals surface area contributed by atoms with Gasteiger partial charge in [0.05, 0.1) is 18.2 Å². The molecule has 1 saturated heterocycles. The summed E-state index contributed by atoms with van der Waals surface area (Å²) >= 11 is 0. The Labute approximate surface area is 144 Å². The van der Waals surface area contributed by atoms with Crippen LogP contribution < -0.4 is 5.32 Å². The van der Waals surface area contributed by atoms with Crippen LogP contribution in [0.15, 0.2) is 24.8 Å². The van der Waals surface area contributed by atoms with Gasteiger partial charge in [-0.1, -0.05) is 13.0 Å². The summed E-state index contributed by atoms with van der Waals surface area (Å²) in [6.45, 7) is 9.56. The maximum absolute atomic E-state index is 12.1. The van der Waals surface area contributed by atoms with E-state index in [4.69, 9.17) is 9.47 Å². The second-order valence-corrected chi connectivity index (χ2v) is 6.57. The van der Waals surface area contributed by atoms with Crippen molar-refractivity contribution in [3.63, 3.8) is 0 Å². The maximum Gasteiger partial charge on any atom is 0.409 e. The third-order valence-electron chi connectivity index (χ3n) is 4.11. The third kappa shape index (κ3) is 6.35. The van der Waals surface area contributed by atoms with Gasteiger partial charge in [-0.3, -0.25) is 4.79 Å². The number of nitrogens with one attached hydrogen (secondary N) is 1. The number of ether oxygens (including phenoxy) is 2. The summed E-state index contributed by atoms with van der Waals surface area (Å²) in [5, 5.41) is 2.97. The van der Waals surface area contributed by atoms with Crippen molar-refractivity contribution in [1.82, 2.24) is 10.2 Å². The molecule has 0 bridgehead atoms. The molecular weight excluding hydrogens is 308 g/mol. The standard InChI is InChI=1S/C18H30N2O4/c1-7-8-16-12(2)11-15(14(4)24-16)19-17(21)10-9-13(3)23-18(22)20(5)6/h7,9-10,12-16H,1,8,11H2,2-6H3,(H,19,21)/b10-9-/t12-,13-,14+,15+,16-/m0/s1. The molecule has 1 N–H and O–H groups in total. The molecular formula is C18H30N2O4. The fraction of sp³-hybridized carbons (Fsp3) is 0.667. The number of carbonyl (C=O) groups excluding carboxylic acids is 2. The fourth-order valence-corrected chi connectivity index (χ4v) is 2.63. The molecule has 24 heavy (non-hydrogen) atoms. The van der Waals surface area contributed by atoms with Crippen LogP contribution in [0.2, 0.25) is 0 Å². The smallest absolute Gasteiger partial charge is 0.409 e. The largest absolute Gasteiger partial charge is 0.442 e. The number of carbonyl (C=O) groups is 2. The Kier molecular flexibility index (Phi) is 7.98. The lowest BCUT2D eigenvalue weighted by Gasteiger charge is -2.39. The molecule has 1 rings (SSSR count). The van der Waals surface area contributed by atoms with E-state index >= 15 is 0 Å². The summed E-state index contributed by atoms with van der Waals surface area (Å²) in [5.74, 6) is 0.144.